The van der Waals surface area contributed by atoms with Crippen molar-refractivity contribution in [1.29, 1.82) is 0 Å². The third kappa shape index (κ3) is 3.24. The Bertz CT molecular complexity index is 516. The number of rotatable bonds is 4. The van der Waals surface area contributed by atoms with E-state index in [4.69, 9.17) is 11.6 Å². The second-order valence-electron chi connectivity index (χ2n) is 4.08. The number of anilines is 1. The molecule has 0 radical (unpaired) electrons. The van der Waals surface area contributed by atoms with Gasteiger partial charge in [-0.25, -0.2) is 0 Å². The Kier molecular flexibility index (Phi) is 4.61. The lowest BCUT2D eigenvalue weighted by Crippen LogP contribution is -2.18. The van der Waals surface area contributed by atoms with Gasteiger partial charge in [-0.2, -0.15) is 0 Å². The molecule has 0 N–H and O–H groups in total. The van der Waals surface area contributed by atoms with Gasteiger partial charge in [-0.3, -0.25) is 4.98 Å². The number of benzene rings is 1. The molecule has 0 unspecified atom stereocenters. The zero-order chi connectivity index (χ0) is 13.0. The Morgan fingerprint density at radius 2 is 2.11 bits per heavy atom. The molecule has 0 aliphatic rings. The first-order chi connectivity index (χ1) is 8.70. The molecule has 0 aliphatic heterocycles. The van der Waals surface area contributed by atoms with E-state index < -0.39 is 0 Å². The lowest BCUT2D eigenvalue weighted by molar-refractivity contribution is 0.879. The normalized spacial score (nSPS) is 10.4. The van der Waals surface area contributed by atoms with Crippen LogP contribution >= 0.6 is 27.5 Å². The molecule has 0 spiro atoms. The van der Waals surface area contributed by atoms with E-state index in [2.05, 4.69) is 31.9 Å². The highest BCUT2D eigenvalue weighted by atomic mass is 79.9. The maximum Gasteiger partial charge on any atom is 0.0598 e. The summed E-state index contributed by atoms with van der Waals surface area (Å²) in [7, 11) is 2.05. The van der Waals surface area contributed by atoms with Crippen LogP contribution in [0.1, 0.15) is 11.3 Å². The van der Waals surface area contributed by atoms with Gasteiger partial charge in [0.05, 0.1) is 12.2 Å². The maximum absolute atomic E-state index is 5.97. The minimum Gasteiger partial charge on any atom is -0.368 e. The molecule has 1 aromatic heterocycles. The van der Waals surface area contributed by atoms with Gasteiger partial charge in [0.25, 0.3) is 0 Å². The molecule has 18 heavy (non-hydrogen) atoms. The minimum absolute atomic E-state index is 0.509. The van der Waals surface area contributed by atoms with Crippen LogP contribution in [0.5, 0.6) is 0 Å². The molecule has 94 valence electrons. The zero-order valence-corrected chi connectivity index (χ0v) is 12.4. The smallest absolute Gasteiger partial charge is 0.0598 e. The quantitative estimate of drug-likeness (QED) is 0.782. The molecule has 0 fully saturated rings. The first-order valence-electron chi connectivity index (χ1n) is 5.66. The molecule has 2 aromatic rings. The third-order valence-corrected chi connectivity index (χ3v) is 3.51. The van der Waals surface area contributed by atoms with Crippen LogP contribution in [0.2, 0.25) is 0 Å². The van der Waals surface area contributed by atoms with Gasteiger partial charge in [0, 0.05) is 29.3 Å². The van der Waals surface area contributed by atoms with E-state index in [0.717, 1.165) is 28.0 Å². The summed E-state index contributed by atoms with van der Waals surface area (Å²) in [5.41, 5.74) is 3.30. The van der Waals surface area contributed by atoms with Gasteiger partial charge < -0.3 is 4.90 Å². The Balaban J connectivity index is 2.23. The van der Waals surface area contributed by atoms with Crippen LogP contribution in [0.3, 0.4) is 0 Å². The lowest BCUT2D eigenvalue weighted by Gasteiger charge is -2.22. The topological polar surface area (TPSA) is 16.1 Å². The number of alkyl halides is 1. The summed E-state index contributed by atoms with van der Waals surface area (Å²) in [5.74, 6) is 0.509. The van der Waals surface area contributed by atoms with E-state index in [-0.39, 0.29) is 0 Å². The molecule has 0 bridgehead atoms. The summed E-state index contributed by atoms with van der Waals surface area (Å²) < 4.78 is 1.05. The summed E-state index contributed by atoms with van der Waals surface area (Å²) in [4.78, 5) is 6.49. The highest BCUT2D eigenvalue weighted by Crippen LogP contribution is 2.26. The molecule has 1 heterocycles. The fourth-order valence-corrected chi connectivity index (χ4v) is 2.40. The molecule has 2 rings (SSSR count). The first-order valence-corrected chi connectivity index (χ1v) is 6.99. The van der Waals surface area contributed by atoms with E-state index in [1.54, 1.807) is 0 Å². The molecule has 0 aliphatic carbocycles. The second-order valence-corrected chi connectivity index (χ2v) is 5.27. The maximum atomic E-state index is 5.97. The van der Waals surface area contributed by atoms with Crippen LogP contribution in [0, 0.1) is 0 Å². The largest absolute Gasteiger partial charge is 0.368 e. The van der Waals surface area contributed by atoms with Gasteiger partial charge in [-0.15, -0.1) is 11.6 Å². The van der Waals surface area contributed by atoms with Crippen molar-refractivity contribution >= 4 is 33.2 Å². The third-order valence-electron chi connectivity index (χ3n) is 2.73. The molecular weight excluding hydrogens is 312 g/mol. The molecule has 0 saturated carbocycles. The molecule has 0 saturated heterocycles. The van der Waals surface area contributed by atoms with Crippen molar-refractivity contribution in [3.63, 3.8) is 0 Å². The van der Waals surface area contributed by atoms with Crippen LogP contribution < -0.4 is 4.90 Å². The predicted molar refractivity (Wildman–Crippen MR) is 80.0 cm³/mol. The van der Waals surface area contributed by atoms with Crippen molar-refractivity contribution in [1.82, 2.24) is 4.98 Å². The van der Waals surface area contributed by atoms with E-state index in [1.165, 1.54) is 0 Å². The van der Waals surface area contributed by atoms with Crippen LogP contribution in [0.15, 0.2) is 47.1 Å². The fourth-order valence-electron chi connectivity index (χ4n) is 1.83. The average Bonchev–Trinajstić information content (AvgIpc) is 2.40. The monoisotopic (exact) mass is 324 g/mol. The van der Waals surface area contributed by atoms with Gasteiger partial charge in [0.2, 0.25) is 0 Å². The van der Waals surface area contributed by atoms with Gasteiger partial charge >= 0.3 is 0 Å². The van der Waals surface area contributed by atoms with Gasteiger partial charge in [0.1, 0.15) is 0 Å². The van der Waals surface area contributed by atoms with Crippen molar-refractivity contribution in [3.8, 4) is 0 Å². The number of nitrogens with zero attached hydrogens (tertiary/aromatic N) is 2. The minimum atomic E-state index is 0.509. The number of halogens is 2. The molecule has 2 nitrogen and oxygen atoms in total. The van der Waals surface area contributed by atoms with E-state index in [1.807, 2.05) is 43.6 Å². The van der Waals surface area contributed by atoms with Crippen molar-refractivity contribution in [3.05, 3.63) is 58.3 Å². The number of hydrogen-bond acceptors (Lipinski definition) is 2. The van der Waals surface area contributed by atoms with Crippen molar-refractivity contribution in [2.45, 2.75) is 12.4 Å². The van der Waals surface area contributed by atoms with Crippen LogP contribution in [0.4, 0.5) is 5.69 Å². The molecule has 4 heteroatoms. The van der Waals surface area contributed by atoms with Crippen molar-refractivity contribution < 1.29 is 0 Å². The summed E-state index contributed by atoms with van der Waals surface area (Å²) >= 11 is 9.47. The number of pyridine rings is 1. The van der Waals surface area contributed by atoms with E-state index >= 15 is 0 Å². The Morgan fingerprint density at radius 3 is 2.78 bits per heavy atom. The number of aromatic nitrogens is 1. The summed E-state index contributed by atoms with van der Waals surface area (Å²) in [6.45, 7) is 0.765. The van der Waals surface area contributed by atoms with Crippen molar-refractivity contribution in [2.75, 3.05) is 11.9 Å². The molecule has 0 amide bonds. The molecule has 0 atom stereocenters. The lowest BCUT2D eigenvalue weighted by atomic mass is 10.2. The Hall–Kier alpha value is -1.06. The van der Waals surface area contributed by atoms with Crippen LogP contribution in [-0.4, -0.2) is 12.0 Å². The Labute approximate surface area is 121 Å². The Morgan fingerprint density at radius 1 is 1.28 bits per heavy atom. The summed E-state index contributed by atoms with van der Waals surface area (Å²) in [5, 5.41) is 0. The standard InChI is InChI=1S/C14H14BrClN2/c1-18(10-13-4-2-3-7-17-13)14-8-12(15)6-5-11(14)9-16/h2-8H,9-10H2,1H3. The van der Waals surface area contributed by atoms with Gasteiger partial charge in [-0.1, -0.05) is 28.1 Å². The summed E-state index contributed by atoms with van der Waals surface area (Å²) in [6.07, 6.45) is 1.81. The zero-order valence-electron chi connectivity index (χ0n) is 10.1. The van der Waals surface area contributed by atoms with Gasteiger partial charge in [0.15, 0.2) is 0 Å². The highest BCUT2D eigenvalue weighted by Gasteiger charge is 2.08. The fraction of sp³-hybridized carbons (Fsp3) is 0.214. The van der Waals surface area contributed by atoms with Crippen molar-refractivity contribution in [2.24, 2.45) is 0 Å². The van der Waals surface area contributed by atoms with Crippen LogP contribution in [0.25, 0.3) is 0 Å². The van der Waals surface area contributed by atoms with Gasteiger partial charge in [-0.05, 0) is 29.8 Å². The average molecular weight is 326 g/mol. The van der Waals surface area contributed by atoms with E-state index in [9.17, 15) is 0 Å². The SMILES string of the molecule is CN(Cc1ccccn1)c1cc(Br)ccc1CCl. The molecule has 1 aromatic carbocycles. The second kappa shape index (κ2) is 6.21. The number of hydrogen-bond donors (Lipinski definition) is 0. The van der Waals surface area contributed by atoms with Crippen LogP contribution in [-0.2, 0) is 12.4 Å². The first kappa shape index (κ1) is 13.4. The summed E-state index contributed by atoms with van der Waals surface area (Å²) in [6, 6.07) is 12.1. The van der Waals surface area contributed by atoms with E-state index in [0.29, 0.717) is 5.88 Å². The molecular formula is C14H14BrClN2. The predicted octanol–water partition coefficient (Wildman–Crippen LogP) is 4.22. The highest BCUT2D eigenvalue weighted by molar-refractivity contribution is 9.10.